The molecule has 4 heterocycles. The molecule has 0 radical (unpaired) electrons. The second kappa shape index (κ2) is 8.43. The standard InChI is InChI=1S/C26H23N5O4/c27-24(32)23-25-29-18(16-5-2-1-3-6-16)14-20(31(25)15-28-23)26(33)30-10-4-7-19(30)17-8-9-21-22(13-17)35-12-11-34-21/h1-3,5-6,8-9,13-15,19H,4,7,10-12H2,(H2,27,32)/t19-/m0/s1. The second-order valence-corrected chi connectivity index (χ2v) is 8.60. The van der Waals surface area contributed by atoms with Crippen LogP contribution in [0, 0.1) is 0 Å². The lowest BCUT2D eigenvalue weighted by Gasteiger charge is -2.27. The number of ether oxygens (including phenoxy) is 2. The van der Waals surface area contributed by atoms with Gasteiger partial charge in [0, 0.05) is 12.1 Å². The molecule has 0 spiro atoms. The molecule has 0 aliphatic carbocycles. The number of hydrogen-bond donors (Lipinski definition) is 1. The Morgan fingerprint density at radius 2 is 1.80 bits per heavy atom. The number of fused-ring (bicyclic) bond motifs is 2. The third-order valence-electron chi connectivity index (χ3n) is 6.49. The summed E-state index contributed by atoms with van der Waals surface area (Å²) >= 11 is 0. The largest absolute Gasteiger partial charge is 0.486 e. The van der Waals surface area contributed by atoms with Crippen LogP contribution in [0.1, 0.15) is 45.4 Å². The van der Waals surface area contributed by atoms with Gasteiger partial charge in [0.05, 0.1) is 11.7 Å². The topological polar surface area (TPSA) is 112 Å². The molecule has 2 aliphatic heterocycles. The summed E-state index contributed by atoms with van der Waals surface area (Å²) in [6.45, 7) is 1.64. The molecule has 0 bridgehead atoms. The van der Waals surface area contributed by atoms with Crippen LogP contribution < -0.4 is 15.2 Å². The van der Waals surface area contributed by atoms with Crippen LogP contribution >= 0.6 is 0 Å². The molecule has 9 heteroatoms. The molecule has 0 saturated carbocycles. The molecule has 2 N–H and O–H groups in total. The van der Waals surface area contributed by atoms with Crippen molar-refractivity contribution in [2.75, 3.05) is 19.8 Å². The predicted octanol–water partition coefficient (Wildman–Crippen LogP) is 3.24. The Morgan fingerprint density at radius 1 is 1.00 bits per heavy atom. The van der Waals surface area contributed by atoms with Crippen LogP contribution in [0.5, 0.6) is 11.5 Å². The van der Waals surface area contributed by atoms with Crippen molar-refractivity contribution in [3.05, 3.63) is 77.9 Å². The highest BCUT2D eigenvalue weighted by molar-refractivity contribution is 5.99. The van der Waals surface area contributed by atoms with Gasteiger partial charge < -0.3 is 20.1 Å². The number of imidazole rings is 1. The number of carbonyl (C=O) groups is 2. The van der Waals surface area contributed by atoms with Crippen molar-refractivity contribution in [1.29, 1.82) is 0 Å². The summed E-state index contributed by atoms with van der Waals surface area (Å²) in [6.07, 6.45) is 3.14. The van der Waals surface area contributed by atoms with Gasteiger partial charge in [-0.05, 0) is 36.6 Å². The normalized spacial score (nSPS) is 17.0. The number of nitrogens with zero attached hydrogens (tertiary/aromatic N) is 4. The predicted molar refractivity (Wildman–Crippen MR) is 127 cm³/mol. The van der Waals surface area contributed by atoms with Crippen molar-refractivity contribution in [3.8, 4) is 22.8 Å². The average Bonchev–Trinajstić information content (AvgIpc) is 3.56. The maximum atomic E-state index is 14.0. The molecule has 1 fully saturated rings. The minimum absolute atomic E-state index is 0.0293. The lowest BCUT2D eigenvalue weighted by atomic mass is 10.0. The molecule has 4 aromatic rings. The van der Waals surface area contributed by atoms with Crippen LogP contribution in [0.4, 0.5) is 0 Å². The Morgan fingerprint density at radius 3 is 2.60 bits per heavy atom. The van der Waals surface area contributed by atoms with Crippen molar-refractivity contribution in [2.24, 2.45) is 5.73 Å². The van der Waals surface area contributed by atoms with Crippen molar-refractivity contribution in [2.45, 2.75) is 18.9 Å². The molecule has 2 aromatic heterocycles. The van der Waals surface area contributed by atoms with Gasteiger partial charge in [-0.25, -0.2) is 9.97 Å². The van der Waals surface area contributed by atoms with Gasteiger partial charge >= 0.3 is 0 Å². The van der Waals surface area contributed by atoms with E-state index in [1.165, 1.54) is 6.33 Å². The molecule has 1 atom stereocenters. The maximum Gasteiger partial charge on any atom is 0.271 e. The van der Waals surface area contributed by atoms with E-state index in [2.05, 4.69) is 9.97 Å². The quantitative estimate of drug-likeness (QED) is 0.491. The second-order valence-electron chi connectivity index (χ2n) is 8.60. The monoisotopic (exact) mass is 469 g/mol. The fourth-order valence-electron chi connectivity index (χ4n) is 4.84. The fraction of sp³-hybridized carbons (Fsp3) is 0.231. The summed E-state index contributed by atoms with van der Waals surface area (Å²) in [5, 5.41) is 0. The number of nitrogens with two attached hydrogens (primary N) is 1. The zero-order valence-electron chi connectivity index (χ0n) is 18.9. The van der Waals surface area contributed by atoms with E-state index in [4.69, 9.17) is 15.2 Å². The highest BCUT2D eigenvalue weighted by Crippen LogP contribution is 2.39. The molecule has 0 unspecified atom stereocenters. The molecule has 2 aromatic carbocycles. The van der Waals surface area contributed by atoms with Crippen molar-refractivity contribution in [3.63, 3.8) is 0 Å². The molecular formula is C26H23N5O4. The highest BCUT2D eigenvalue weighted by atomic mass is 16.6. The summed E-state index contributed by atoms with van der Waals surface area (Å²) in [7, 11) is 0. The number of likely N-dealkylation sites (tertiary alicyclic amines) is 1. The zero-order chi connectivity index (χ0) is 23.9. The number of hydrogen-bond acceptors (Lipinski definition) is 6. The van der Waals surface area contributed by atoms with Crippen molar-refractivity contribution in [1.82, 2.24) is 19.3 Å². The van der Waals surface area contributed by atoms with Gasteiger partial charge in [0.25, 0.3) is 11.8 Å². The van der Waals surface area contributed by atoms with Gasteiger partial charge in [-0.1, -0.05) is 36.4 Å². The van der Waals surface area contributed by atoms with E-state index in [9.17, 15) is 9.59 Å². The van der Waals surface area contributed by atoms with E-state index in [1.807, 2.05) is 53.4 Å². The van der Waals surface area contributed by atoms with Gasteiger partial charge in [0.2, 0.25) is 0 Å². The Labute approximate surface area is 201 Å². The highest BCUT2D eigenvalue weighted by Gasteiger charge is 2.33. The van der Waals surface area contributed by atoms with E-state index < -0.39 is 5.91 Å². The first-order valence-electron chi connectivity index (χ1n) is 11.5. The smallest absolute Gasteiger partial charge is 0.271 e. The van der Waals surface area contributed by atoms with Gasteiger partial charge in [0.15, 0.2) is 22.8 Å². The Balaban J connectivity index is 1.43. The molecule has 35 heavy (non-hydrogen) atoms. The van der Waals surface area contributed by atoms with Crippen LogP contribution in [0.15, 0.2) is 60.9 Å². The third kappa shape index (κ3) is 3.65. The SMILES string of the molecule is NC(=O)c1ncn2c(C(=O)N3CCC[C@H]3c3ccc4c(c3)OCCO4)cc(-c3ccccc3)nc12. The van der Waals surface area contributed by atoms with Crippen LogP contribution in [0.2, 0.25) is 0 Å². The van der Waals surface area contributed by atoms with Crippen LogP contribution in [0.3, 0.4) is 0 Å². The Kier molecular flexibility index (Phi) is 5.09. The third-order valence-corrected chi connectivity index (χ3v) is 6.49. The summed E-state index contributed by atoms with van der Waals surface area (Å²) in [6, 6.07) is 17.0. The first-order chi connectivity index (χ1) is 17.1. The number of carbonyl (C=O) groups excluding carboxylic acids is 2. The van der Waals surface area contributed by atoms with Gasteiger partial charge in [0.1, 0.15) is 25.2 Å². The van der Waals surface area contributed by atoms with E-state index >= 15 is 0 Å². The number of primary amides is 1. The fourth-order valence-corrected chi connectivity index (χ4v) is 4.84. The van der Waals surface area contributed by atoms with Crippen LogP contribution in [-0.2, 0) is 0 Å². The van der Waals surface area contributed by atoms with Crippen LogP contribution in [0.25, 0.3) is 16.9 Å². The molecule has 1 saturated heterocycles. The van der Waals surface area contributed by atoms with E-state index in [-0.39, 0.29) is 23.3 Å². The van der Waals surface area contributed by atoms with Gasteiger partial charge in [-0.3, -0.25) is 14.0 Å². The molecule has 9 nitrogen and oxygen atoms in total. The van der Waals surface area contributed by atoms with Gasteiger partial charge in [-0.2, -0.15) is 0 Å². The first kappa shape index (κ1) is 21.2. The van der Waals surface area contributed by atoms with Crippen molar-refractivity contribution < 1.29 is 19.1 Å². The van der Waals surface area contributed by atoms with Crippen molar-refractivity contribution >= 4 is 17.5 Å². The molecule has 2 amide bonds. The minimum atomic E-state index is -0.695. The molecule has 6 rings (SSSR count). The Hall–Kier alpha value is -4.40. The molecule has 2 aliphatic rings. The molecule has 176 valence electrons. The van der Waals surface area contributed by atoms with E-state index in [0.29, 0.717) is 36.9 Å². The molecular weight excluding hydrogens is 446 g/mol. The lowest BCUT2D eigenvalue weighted by Crippen LogP contribution is -2.32. The number of rotatable bonds is 4. The Bertz CT molecular complexity index is 1450. The lowest BCUT2D eigenvalue weighted by molar-refractivity contribution is 0.0727. The average molecular weight is 470 g/mol. The van der Waals surface area contributed by atoms with Crippen LogP contribution in [-0.4, -0.2) is 50.8 Å². The first-order valence-corrected chi connectivity index (χ1v) is 11.5. The summed E-state index contributed by atoms with van der Waals surface area (Å²) in [5.74, 6) is 0.558. The summed E-state index contributed by atoms with van der Waals surface area (Å²) in [4.78, 5) is 36.6. The van der Waals surface area contributed by atoms with Gasteiger partial charge in [-0.15, -0.1) is 0 Å². The van der Waals surface area contributed by atoms with E-state index in [1.54, 1.807) is 10.5 Å². The number of benzene rings is 2. The summed E-state index contributed by atoms with van der Waals surface area (Å²) < 4.78 is 13.0. The van der Waals surface area contributed by atoms with E-state index in [0.717, 1.165) is 29.7 Å². The number of amides is 2. The zero-order valence-corrected chi connectivity index (χ0v) is 18.9. The maximum absolute atomic E-state index is 14.0. The minimum Gasteiger partial charge on any atom is -0.486 e. The summed E-state index contributed by atoms with van der Waals surface area (Å²) in [5.41, 5.74) is 8.60. The number of aromatic nitrogens is 3.